The molecule has 0 aliphatic heterocycles. The molecular formula is C24H27N5O2. The van der Waals surface area contributed by atoms with E-state index < -0.39 is 0 Å². The molecule has 1 aromatic carbocycles. The van der Waals surface area contributed by atoms with E-state index in [9.17, 15) is 4.79 Å². The van der Waals surface area contributed by atoms with Gasteiger partial charge in [0.25, 0.3) is 5.91 Å². The number of hydrogen-bond acceptors (Lipinski definition) is 5. The molecule has 0 radical (unpaired) electrons. The molecule has 7 nitrogen and oxygen atoms in total. The maximum atomic E-state index is 13.3. The number of aromatic amines is 1. The molecule has 1 saturated carbocycles. The maximum Gasteiger partial charge on any atom is 0.270 e. The quantitative estimate of drug-likeness (QED) is 0.489. The molecule has 3 aromatic heterocycles. The maximum absolute atomic E-state index is 13.3. The summed E-state index contributed by atoms with van der Waals surface area (Å²) in [6.45, 7) is 3.54. The van der Waals surface area contributed by atoms with Gasteiger partial charge in [0.2, 0.25) is 0 Å². The zero-order chi connectivity index (χ0) is 21.2. The molecule has 0 saturated heterocycles. The van der Waals surface area contributed by atoms with Crippen LogP contribution in [0.4, 0.5) is 0 Å². The summed E-state index contributed by atoms with van der Waals surface area (Å²) in [5.74, 6) is 0.0580. The zero-order valence-electron chi connectivity index (χ0n) is 17.7. The molecular weight excluding hydrogens is 390 g/mol. The first-order valence-corrected chi connectivity index (χ1v) is 11.0. The number of carbonyl (C=O) groups excluding carboxylic acids is 1. The van der Waals surface area contributed by atoms with Gasteiger partial charge in [0.05, 0.1) is 11.0 Å². The van der Waals surface area contributed by atoms with Crippen LogP contribution in [-0.2, 0) is 6.54 Å². The first kappa shape index (κ1) is 19.8. The lowest BCUT2D eigenvalue weighted by Crippen LogP contribution is -2.46. The standard InChI is InChI=1S/C24H27N5O2/c1-2-29(24(30)22-13-20-19(28-22)7-4-10-25-20)18-6-3-5-17(12-18)26-14-16-8-9-23-21(11-16)27-15-31-23/h4,7-11,13,15,17-18,26,28H,2-3,5-6,12,14H2,1H3/t17-,18+/m1/s1. The van der Waals surface area contributed by atoms with Crippen LogP contribution >= 0.6 is 0 Å². The summed E-state index contributed by atoms with van der Waals surface area (Å²) in [6, 6.07) is 12.4. The average molecular weight is 418 g/mol. The molecule has 0 bridgehead atoms. The van der Waals surface area contributed by atoms with Crippen molar-refractivity contribution in [3.05, 3.63) is 60.2 Å². The highest BCUT2D eigenvalue weighted by atomic mass is 16.3. The van der Waals surface area contributed by atoms with E-state index in [2.05, 4.69) is 39.3 Å². The van der Waals surface area contributed by atoms with Crippen molar-refractivity contribution in [1.29, 1.82) is 0 Å². The van der Waals surface area contributed by atoms with Crippen molar-refractivity contribution in [2.24, 2.45) is 0 Å². The number of rotatable bonds is 6. The second-order valence-electron chi connectivity index (χ2n) is 8.26. The molecule has 3 heterocycles. The molecule has 1 amide bonds. The van der Waals surface area contributed by atoms with Gasteiger partial charge >= 0.3 is 0 Å². The van der Waals surface area contributed by atoms with E-state index in [4.69, 9.17) is 4.42 Å². The number of nitrogens with one attached hydrogen (secondary N) is 2. The third-order valence-electron chi connectivity index (χ3n) is 6.30. The minimum absolute atomic E-state index is 0.0580. The Kier molecular flexibility index (Phi) is 5.42. The van der Waals surface area contributed by atoms with E-state index in [1.807, 2.05) is 29.2 Å². The Morgan fingerprint density at radius 3 is 3.03 bits per heavy atom. The Bertz CT molecular complexity index is 1160. The smallest absolute Gasteiger partial charge is 0.270 e. The van der Waals surface area contributed by atoms with Crippen LogP contribution in [0.5, 0.6) is 0 Å². The van der Waals surface area contributed by atoms with Crippen LogP contribution in [0.15, 0.2) is 53.4 Å². The van der Waals surface area contributed by atoms with Crippen LogP contribution in [0.25, 0.3) is 22.1 Å². The first-order valence-electron chi connectivity index (χ1n) is 11.0. The summed E-state index contributed by atoms with van der Waals surface area (Å²) >= 11 is 0. The van der Waals surface area contributed by atoms with Crippen LogP contribution < -0.4 is 5.32 Å². The lowest BCUT2D eigenvalue weighted by atomic mass is 9.89. The molecule has 2 N–H and O–H groups in total. The second kappa shape index (κ2) is 8.51. The molecule has 2 atom stereocenters. The van der Waals surface area contributed by atoms with Crippen molar-refractivity contribution in [1.82, 2.24) is 25.2 Å². The molecule has 1 fully saturated rings. The summed E-state index contributed by atoms with van der Waals surface area (Å²) in [6.07, 6.45) is 7.48. The van der Waals surface area contributed by atoms with Crippen molar-refractivity contribution in [2.45, 2.75) is 51.2 Å². The van der Waals surface area contributed by atoms with E-state index in [-0.39, 0.29) is 11.9 Å². The highest BCUT2D eigenvalue weighted by molar-refractivity contribution is 5.97. The van der Waals surface area contributed by atoms with Crippen molar-refractivity contribution in [3.8, 4) is 0 Å². The van der Waals surface area contributed by atoms with E-state index in [0.717, 1.165) is 54.4 Å². The molecule has 0 spiro atoms. The number of H-pyrrole nitrogens is 1. The Morgan fingerprint density at radius 1 is 1.23 bits per heavy atom. The van der Waals surface area contributed by atoms with Gasteiger partial charge in [0.15, 0.2) is 12.0 Å². The molecule has 1 aliphatic rings. The number of benzene rings is 1. The number of oxazole rings is 1. The van der Waals surface area contributed by atoms with Gasteiger partial charge in [-0.3, -0.25) is 9.78 Å². The van der Waals surface area contributed by atoms with E-state index >= 15 is 0 Å². The van der Waals surface area contributed by atoms with Gasteiger partial charge < -0.3 is 19.6 Å². The monoisotopic (exact) mass is 417 g/mol. The number of fused-ring (bicyclic) bond motifs is 2. The largest absolute Gasteiger partial charge is 0.443 e. The SMILES string of the molecule is CCN(C(=O)c1cc2ncccc2[nH]1)[C@H]1CCC[C@@H](NCc2ccc3ocnc3c2)C1. The van der Waals surface area contributed by atoms with E-state index in [0.29, 0.717) is 18.3 Å². The van der Waals surface area contributed by atoms with Gasteiger partial charge in [0, 0.05) is 31.4 Å². The van der Waals surface area contributed by atoms with Crippen molar-refractivity contribution in [2.75, 3.05) is 6.54 Å². The fourth-order valence-electron chi connectivity index (χ4n) is 4.70. The van der Waals surface area contributed by atoms with Gasteiger partial charge in [-0.2, -0.15) is 0 Å². The lowest BCUT2D eigenvalue weighted by molar-refractivity contribution is 0.0623. The lowest BCUT2D eigenvalue weighted by Gasteiger charge is -2.37. The first-order chi connectivity index (χ1) is 15.2. The van der Waals surface area contributed by atoms with Gasteiger partial charge in [-0.05, 0) is 68.5 Å². The second-order valence-corrected chi connectivity index (χ2v) is 8.26. The Morgan fingerprint density at radius 2 is 2.16 bits per heavy atom. The third kappa shape index (κ3) is 4.05. The zero-order valence-corrected chi connectivity index (χ0v) is 17.7. The summed E-state index contributed by atoms with van der Waals surface area (Å²) in [7, 11) is 0. The van der Waals surface area contributed by atoms with Gasteiger partial charge in [-0.1, -0.05) is 6.07 Å². The van der Waals surface area contributed by atoms with Crippen molar-refractivity contribution < 1.29 is 9.21 Å². The topological polar surface area (TPSA) is 87.0 Å². The minimum Gasteiger partial charge on any atom is -0.443 e. The number of pyridine rings is 1. The number of amides is 1. The Balaban J connectivity index is 1.25. The highest BCUT2D eigenvalue weighted by Gasteiger charge is 2.30. The molecule has 31 heavy (non-hydrogen) atoms. The molecule has 4 aromatic rings. The Hall–Kier alpha value is -3.19. The number of hydrogen-bond donors (Lipinski definition) is 2. The molecule has 7 heteroatoms. The summed E-state index contributed by atoms with van der Waals surface area (Å²) in [5.41, 5.74) is 5.23. The van der Waals surface area contributed by atoms with Gasteiger partial charge in [-0.25, -0.2) is 4.98 Å². The fraction of sp³-hybridized carbons (Fsp3) is 0.375. The van der Waals surface area contributed by atoms with Crippen LogP contribution in [0.1, 0.15) is 48.7 Å². The van der Waals surface area contributed by atoms with Crippen LogP contribution in [0.3, 0.4) is 0 Å². The van der Waals surface area contributed by atoms with Crippen molar-refractivity contribution in [3.63, 3.8) is 0 Å². The van der Waals surface area contributed by atoms with Crippen molar-refractivity contribution >= 4 is 28.0 Å². The number of carbonyl (C=O) groups is 1. The summed E-state index contributed by atoms with van der Waals surface area (Å²) in [5, 5.41) is 3.69. The minimum atomic E-state index is 0.0580. The number of nitrogens with zero attached hydrogens (tertiary/aromatic N) is 3. The average Bonchev–Trinajstić information content (AvgIpc) is 3.45. The summed E-state index contributed by atoms with van der Waals surface area (Å²) < 4.78 is 5.32. The molecule has 5 rings (SSSR count). The third-order valence-corrected chi connectivity index (χ3v) is 6.30. The predicted molar refractivity (Wildman–Crippen MR) is 120 cm³/mol. The summed E-state index contributed by atoms with van der Waals surface area (Å²) in [4.78, 5) is 27.1. The number of aromatic nitrogens is 3. The van der Waals surface area contributed by atoms with Gasteiger partial charge in [-0.15, -0.1) is 0 Å². The fourth-order valence-corrected chi connectivity index (χ4v) is 4.70. The van der Waals surface area contributed by atoms with Crippen LogP contribution in [0, 0.1) is 0 Å². The molecule has 160 valence electrons. The predicted octanol–water partition coefficient (Wildman–Crippen LogP) is 4.27. The Labute approximate surface area is 180 Å². The van der Waals surface area contributed by atoms with E-state index in [1.54, 1.807) is 6.20 Å². The van der Waals surface area contributed by atoms with E-state index in [1.165, 1.54) is 12.0 Å². The van der Waals surface area contributed by atoms with Crippen LogP contribution in [0.2, 0.25) is 0 Å². The molecule has 1 aliphatic carbocycles. The molecule has 0 unspecified atom stereocenters. The van der Waals surface area contributed by atoms with Crippen LogP contribution in [-0.4, -0.2) is 44.4 Å². The highest BCUT2D eigenvalue weighted by Crippen LogP contribution is 2.26. The normalized spacial score (nSPS) is 19.1. The van der Waals surface area contributed by atoms with Gasteiger partial charge in [0.1, 0.15) is 11.2 Å².